The quantitative estimate of drug-likeness (QED) is 0.493. The second kappa shape index (κ2) is 7.38. The third kappa shape index (κ3) is 2.56. The van der Waals surface area contributed by atoms with Crippen molar-refractivity contribution in [3.8, 4) is 11.5 Å². The molecule has 7 fully saturated rings. The fourth-order valence-corrected chi connectivity index (χ4v) is 11.2. The van der Waals surface area contributed by atoms with Crippen LogP contribution in [0.25, 0.3) is 0 Å². The van der Waals surface area contributed by atoms with Gasteiger partial charge in [0.1, 0.15) is 11.9 Å². The zero-order valence-electron chi connectivity index (χ0n) is 22.2. The summed E-state index contributed by atoms with van der Waals surface area (Å²) in [6, 6.07) is 5.23. The maximum absolute atomic E-state index is 14.2. The van der Waals surface area contributed by atoms with Crippen LogP contribution in [0.15, 0.2) is 30.4 Å². The van der Waals surface area contributed by atoms with Gasteiger partial charge in [0, 0.05) is 47.6 Å². The Labute approximate surface area is 218 Å². The van der Waals surface area contributed by atoms with Crippen molar-refractivity contribution in [3.63, 3.8) is 0 Å². The molecule has 1 N–H and O–H groups in total. The van der Waals surface area contributed by atoms with Crippen molar-refractivity contribution in [2.75, 3.05) is 27.8 Å². The lowest BCUT2D eigenvalue weighted by atomic mass is 9.38. The van der Waals surface area contributed by atoms with Crippen LogP contribution in [-0.2, 0) is 9.53 Å². The Balaban J connectivity index is 1.34. The highest BCUT2D eigenvalue weighted by Gasteiger charge is 2.85. The third-order valence-corrected chi connectivity index (χ3v) is 11.7. The predicted molar refractivity (Wildman–Crippen MR) is 135 cm³/mol. The second-order valence-corrected chi connectivity index (χ2v) is 13.0. The van der Waals surface area contributed by atoms with Crippen molar-refractivity contribution >= 4 is 11.8 Å². The van der Waals surface area contributed by atoms with E-state index < -0.39 is 23.6 Å². The summed E-state index contributed by atoms with van der Waals surface area (Å²) >= 11 is 0. The van der Waals surface area contributed by atoms with Gasteiger partial charge in [-0.3, -0.25) is 4.79 Å². The number of piperidine rings is 1. The van der Waals surface area contributed by atoms with Crippen LogP contribution in [-0.4, -0.2) is 67.8 Å². The van der Waals surface area contributed by atoms with E-state index >= 15 is 0 Å². The molecule has 7 aliphatic rings. The van der Waals surface area contributed by atoms with E-state index in [1.165, 1.54) is 7.11 Å². The standard InChI is InChI=1S/C30H37NO6/c1-15-17-12-18-25-29-10-6-9-28(2,14-31(25)3)23(29)19(32)13-30(18,24(29)22(17)33)26(15)37-27(34)16-7-8-20(35-4)21(11-16)36-5/h7-8,11,17-18,22-26,33H,1,6,9-10,12-14H2,2-5H3/t17-,18-,22+,23-,24+,25-,26-,28+,29+,30-/m1/s1. The Morgan fingerprint density at radius 1 is 1.16 bits per heavy atom. The molecule has 6 bridgehead atoms. The molecule has 6 saturated carbocycles. The highest BCUT2D eigenvalue weighted by Crippen LogP contribution is 2.82. The first-order valence-corrected chi connectivity index (χ1v) is 13.7. The molecule has 1 saturated heterocycles. The number of Topliss-reactive ketones (excluding diaryl/α,β-unsaturated/α-hetero) is 1. The number of ether oxygens (including phenoxy) is 3. The number of methoxy groups -OCH3 is 2. The number of rotatable bonds is 4. The number of aliphatic hydroxyl groups excluding tert-OH is 1. The zero-order valence-corrected chi connectivity index (χ0v) is 22.2. The van der Waals surface area contributed by atoms with Gasteiger partial charge in [-0.15, -0.1) is 0 Å². The summed E-state index contributed by atoms with van der Waals surface area (Å²) < 4.78 is 17.1. The minimum Gasteiger partial charge on any atom is -0.493 e. The van der Waals surface area contributed by atoms with Gasteiger partial charge in [0.05, 0.1) is 25.9 Å². The zero-order chi connectivity index (χ0) is 26.1. The summed E-state index contributed by atoms with van der Waals surface area (Å²) in [7, 11) is 5.30. The molecule has 1 heterocycles. The van der Waals surface area contributed by atoms with E-state index in [0.717, 1.165) is 37.8 Å². The molecule has 1 aromatic carbocycles. The van der Waals surface area contributed by atoms with Gasteiger partial charge in [-0.1, -0.05) is 19.9 Å². The van der Waals surface area contributed by atoms with Crippen LogP contribution in [0.3, 0.4) is 0 Å². The number of carbonyl (C=O) groups is 2. The van der Waals surface area contributed by atoms with Crippen molar-refractivity contribution in [2.45, 2.75) is 57.3 Å². The lowest BCUT2D eigenvalue weighted by molar-refractivity contribution is -0.222. The van der Waals surface area contributed by atoms with Gasteiger partial charge in [0.15, 0.2) is 11.5 Å². The van der Waals surface area contributed by atoms with Crippen molar-refractivity contribution in [1.82, 2.24) is 4.90 Å². The molecule has 1 aromatic rings. The van der Waals surface area contributed by atoms with Crippen LogP contribution in [0.5, 0.6) is 11.5 Å². The van der Waals surface area contributed by atoms with Gasteiger partial charge in [0.2, 0.25) is 0 Å². The smallest absolute Gasteiger partial charge is 0.338 e. The highest BCUT2D eigenvalue weighted by molar-refractivity contribution is 5.91. The molecule has 8 rings (SSSR count). The normalized spacial score (nSPS) is 47.1. The molecule has 2 spiro atoms. The summed E-state index contributed by atoms with van der Waals surface area (Å²) in [5.41, 5.74) is 0.210. The Bertz CT molecular complexity index is 1230. The van der Waals surface area contributed by atoms with Crippen molar-refractivity contribution in [3.05, 3.63) is 35.9 Å². The van der Waals surface area contributed by atoms with Gasteiger partial charge >= 0.3 is 5.97 Å². The maximum atomic E-state index is 14.2. The van der Waals surface area contributed by atoms with E-state index in [9.17, 15) is 14.7 Å². The van der Waals surface area contributed by atoms with E-state index in [2.05, 4.69) is 25.5 Å². The number of benzene rings is 1. The summed E-state index contributed by atoms with van der Waals surface area (Å²) in [4.78, 5) is 30.3. The van der Waals surface area contributed by atoms with E-state index in [0.29, 0.717) is 29.3 Å². The molecule has 1 aliphatic heterocycles. The molecule has 7 nitrogen and oxygen atoms in total. The molecule has 6 aliphatic carbocycles. The Kier molecular flexibility index (Phi) is 4.73. The molecule has 7 heteroatoms. The fraction of sp³-hybridized carbons (Fsp3) is 0.667. The summed E-state index contributed by atoms with van der Waals surface area (Å²) in [6.07, 6.45) is 3.14. The van der Waals surface area contributed by atoms with Gasteiger partial charge in [-0.05, 0) is 61.4 Å². The van der Waals surface area contributed by atoms with Crippen LogP contribution in [0.2, 0.25) is 0 Å². The number of hydrogen-bond acceptors (Lipinski definition) is 7. The summed E-state index contributed by atoms with van der Waals surface area (Å²) in [5, 5.41) is 11.9. The lowest BCUT2D eigenvalue weighted by Gasteiger charge is -2.67. The lowest BCUT2D eigenvalue weighted by Crippen LogP contribution is -2.71. The predicted octanol–water partition coefficient (Wildman–Crippen LogP) is 3.49. The average molecular weight is 508 g/mol. The van der Waals surface area contributed by atoms with Crippen LogP contribution < -0.4 is 9.47 Å². The number of fused-ring (bicyclic) bond motifs is 1. The molecular formula is C30H37NO6. The van der Waals surface area contributed by atoms with Crippen LogP contribution in [0.4, 0.5) is 0 Å². The van der Waals surface area contributed by atoms with Crippen LogP contribution in [0, 0.1) is 39.9 Å². The molecule has 0 aromatic heterocycles. The Hall–Kier alpha value is -2.38. The number of nitrogens with zero attached hydrogens (tertiary/aromatic N) is 1. The first-order valence-electron chi connectivity index (χ1n) is 13.7. The van der Waals surface area contributed by atoms with Crippen LogP contribution >= 0.6 is 0 Å². The number of carbonyl (C=O) groups excluding carboxylic acids is 2. The molecule has 0 radical (unpaired) electrons. The third-order valence-electron chi connectivity index (χ3n) is 11.7. The minimum atomic E-state index is -0.605. The molecular weight excluding hydrogens is 470 g/mol. The van der Waals surface area contributed by atoms with Gasteiger partial charge in [0.25, 0.3) is 0 Å². The van der Waals surface area contributed by atoms with Gasteiger partial charge < -0.3 is 24.2 Å². The maximum Gasteiger partial charge on any atom is 0.338 e. The van der Waals surface area contributed by atoms with Gasteiger partial charge in [-0.25, -0.2) is 4.79 Å². The number of ketones is 1. The number of aliphatic hydroxyl groups is 1. The Morgan fingerprint density at radius 2 is 1.92 bits per heavy atom. The molecule has 0 unspecified atom stereocenters. The Morgan fingerprint density at radius 3 is 2.65 bits per heavy atom. The van der Waals surface area contributed by atoms with E-state index in [1.807, 2.05) is 0 Å². The molecule has 198 valence electrons. The average Bonchev–Trinajstić information content (AvgIpc) is 2.96. The summed E-state index contributed by atoms with van der Waals surface area (Å²) in [6.45, 7) is 7.59. The van der Waals surface area contributed by atoms with Crippen LogP contribution in [0.1, 0.15) is 49.4 Å². The molecule has 10 atom stereocenters. The fourth-order valence-electron chi connectivity index (χ4n) is 11.2. The minimum absolute atomic E-state index is 0.0277. The van der Waals surface area contributed by atoms with Crippen molar-refractivity contribution in [1.29, 1.82) is 0 Å². The first-order chi connectivity index (χ1) is 17.6. The van der Waals surface area contributed by atoms with Crippen molar-refractivity contribution < 1.29 is 28.9 Å². The highest BCUT2D eigenvalue weighted by atomic mass is 16.5. The van der Waals surface area contributed by atoms with Gasteiger partial charge in [-0.2, -0.15) is 0 Å². The number of likely N-dealkylation sites (tertiary alicyclic amines) is 1. The van der Waals surface area contributed by atoms with E-state index in [1.54, 1.807) is 25.3 Å². The molecule has 37 heavy (non-hydrogen) atoms. The first kappa shape index (κ1) is 23.7. The second-order valence-electron chi connectivity index (χ2n) is 13.0. The monoisotopic (exact) mass is 507 g/mol. The number of hydrogen-bond donors (Lipinski definition) is 1. The molecule has 0 amide bonds. The van der Waals surface area contributed by atoms with E-state index in [4.69, 9.17) is 14.2 Å². The SMILES string of the molecule is C=C1[C@H]2C[C@@H]3[C@H]4N(C)C[C@]5(C)CCC[C@]46[C@H]([C@H]2O)[C@]3(CC(=O)[C@H]56)[C@@H]1OC(=O)c1ccc(OC)c(OC)c1. The largest absolute Gasteiger partial charge is 0.493 e. The number of esters is 1. The topological polar surface area (TPSA) is 85.3 Å². The van der Waals surface area contributed by atoms with Crippen molar-refractivity contribution in [2.24, 2.45) is 39.9 Å². The summed E-state index contributed by atoms with van der Waals surface area (Å²) in [5.74, 6) is 0.837. The van der Waals surface area contributed by atoms with E-state index in [-0.39, 0.29) is 40.5 Å².